The van der Waals surface area contributed by atoms with Crippen LogP contribution in [-0.4, -0.2) is 81.3 Å². The lowest BCUT2D eigenvalue weighted by Crippen LogP contribution is -2.36. The summed E-state index contributed by atoms with van der Waals surface area (Å²) in [6.07, 6.45) is -2.06. The van der Waals surface area contributed by atoms with Gasteiger partial charge in [-0.2, -0.15) is 13.2 Å². The van der Waals surface area contributed by atoms with E-state index < -0.39 is 12.1 Å². The third-order valence-corrected chi connectivity index (χ3v) is 4.79. The molecule has 1 fully saturated rings. The van der Waals surface area contributed by atoms with Gasteiger partial charge in [-0.1, -0.05) is 0 Å². The van der Waals surface area contributed by atoms with Crippen LogP contribution in [0.3, 0.4) is 0 Å². The highest BCUT2D eigenvalue weighted by molar-refractivity contribution is 8.00. The molecule has 0 saturated carbocycles. The molecule has 4 amide bonds. The maximum Gasteiger partial charge on any atom is 0.490 e. The van der Waals surface area contributed by atoms with Gasteiger partial charge >= 0.3 is 12.1 Å². The summed E-state index contributed by atoms with van der Waals surface area (Å²) in [6.45, 7) is 0.908. The van der Waals surface area contributed by atoms with E-state index in [2.05, 4.69) is 0 Å². The number of carboxylic acid groups (broad SMARTS) is 1. The van der Waals surface area contributed by atoms with E-state index in [0.717, 1.165) is 4.90 Å². The molecule has 0 aromatic heterocycles. The molecule has 156 valence electrons. The number of thioether (sulfide) groups is 1. The largest absolute Gasteiger partial charge is 0.490 e. The molecule has 2 heterocycles. The van der Waals surface area contributed by atoms with Crippen molar-refractivity contribution in [3.63, 3.8) is 0 Å². The summed E-state index contributed by atoms with van der Waals surface area (Å²) in [6, 6.07) is 0. The molecule has 9 nitrogen and oxygen atoms in total. The number of likely N-dealkylation sites (tertiary alicyclic amines) is 1. The number of rotatable bonds is 7. The third kappa shape index (κ3) is 6.64. The fourth-order valence-electron chi connectivity index (χ4n) is 2.27. The Balaban J connectivity index is 0.000000480. The van der Waals surface area contributed by atoms with Crippen LogP contribution in [0.5, 0.6) is 0 Å². The van der Waals surface area contributed by atoms with Gasteiger partial charge in [0, 0.05) is 44.0 Å². The van der Waals surface area contributed by atoms with Crippen molar-refractivity contribution in [3.05, 3.63) is 12.2 Å². The monoisotopic (exact) mass is 425 g/mol. The number of amides is 4. The zero-order valence-corrected chi connectivity index (χ0v) is 15.3. The van der Waals surface area contributed by atoms with Crippen LogP contribution in [0.1, 0.15) is 12.8 Å². The summed E-state index contributed by atoms with van der Waals surface area (Å²) in [5, 5.41) is 6.78. The minimum absolute atomic E-state index is 0.198. The van der Waals surface area contributed by atoms with E-state index in [1.165, 1.54) is 28.8 Å². The molecule has 2 aliphatic rings. The normalized spacial score (nSPS) is 19.4. The Labute approximate surface area is 161 Å². The highest BCUT2D eigenvalue weighted by Gasteiger charge is 2.39. The van der Waals surface area contributed by atoms with E-state index >= 15 is 0 Å². The summed E-state index contributed by atoms with van der Waals surface area (Å²) in [5.41, 5.74) is 5.39. The topological polar surface area (TPSA) is 138 Å². The fraction of sp³-hybridized carbons (Fsp3) is 0.533. The summed E-state index contributed by atoms with van der Waals surface area (Å²) in [5.74, 6) is -3.22. The predicted molar refractivity (Wildman–Crippen MR) is 90.8 cm³/mol. The molecule has 0 aliphatic carbocycles. The van der Waals surface area contributed by atoms with Crippen LogP contribution < -0.4 is 5.73 Å². The summed E-state index contributed by atoms with van der Waals surface area (Å²) < 4.78 is 31.7. The average molecular weight is 425 g/mol. The quantitative estimate of drug-likeness (QED) is 0.533. The highest BCUT2D eigenvalue weighted by atomic mass is 32.2. The van der Waals surface area contributed by atoms with Gasteiger partial charge in [-0.15, -0.1) is 11.8 Å². The molecule has 1 atom stereocenters. The van der Waals surface area contributed by atoms with Crippen molar-refractivity contribution in [1.82, 2.24) is 9.80 Å². The molecule has 2 aliphatic heterocycles. The predicted octanol–water partition coefficient (Wildman–Crippen LogP) is -0.246. The number of hydrogen-bond donors (Lipinski definition) is 2. The van der Waals surface area contributed by atoms with Crippen molar-refractivity contribution in [2.45, 2.75) is 24.3 Å². The summed E-state index contributed by atoms with van der Waals surface area (Å²) in [7, 11) is 0. The average Bonchev–Trinajstić information content (AvgIpc) is 3.06. The maximum atomic E-state index is 12.1. The van der Waals surface area contributed by atoms with Gasteiger partial charge in [-0.3, -0.25) is 29.0 Å². The van der Waals surface area contributed by atoms with E-state index in [-0.39, 0.29) is 48.4 Å². The lowest BCUT2D eigenvalue weighted by atomic mass is 10.3. The van der Waals surface area contributed by atoms with Gasteiger partial charge in [-0.25, -0.2) is 4.79 Å². The number of nitrogens with zero attached hydrogens (tertiary/aromatic N) is 2. The second-order valence-electron chi connectivity index (χ2n) is 5.55. The minimum atomic E-state index is -5.08. The number of carbonyl (C=O) groups excluding carboxylic acids is 4. The molecule has 0 bridgehead atoms. The number of nitrogens with two attached hydrogens (primary N) is 1. The van der Waals surface area contributed by atoms with Crippen molar-refractivity contribution in [2.75, 3.05) is 25.4 Å². The van der Waals surface area contributed by atoms with E-state index in [1.807, 2.05) is 0 Å². The molecular formula is C15H18F3N3O6S. The lowest BCUT2D eigenvalue weighted by molar-refractivity contribution is -0.192. The van der Waals surface area contributed by atoms with E-state index in [0.29, 0.717) is 18.7 Å². The van der Waals surface area contributed by atoms with Gasteiger partial charge in [0.25, 0.3) is 11.8 Å². The van der Waals surface area contributed by atoms with Crippen LogP contribution in [0, 0.1) is 0 Å². The van der Waals surface area contributed by atoms with E-state index in [9.17, 15) is 32.3 Å². The Morgan fingerprint density at radius 2 is 1.64 bits per heavy atom. The molecule has 13 heteroatoms. The second kappa shape index (κ2) is 10.2. The molecule has 0 radical (unpaired) electrons. The van der Waals surface area contributed by atoms with Crippen LogP contribution in [0.2, 0.25) is 0 Å². The lowest BCUT2D eigenvalue weighted by Gasteiger charge is -2.17. The van der Waals surface area contributed by atoms with Crippen LogP contribution >= 0.6 is 11.8 Å². The standard InChI is InChI=1S/C13H17N3O4S.C2HF3O2/c14-4-7-21-9-8-12(19)16(13(9)20)6-1-5-15-10(17)2-3-11(15)18;3-2(4,5)1(6)7/h2-3,9H,1,4-8,14H2;(H,6,7). The van der Waals surface area contributed by atoms with Crippen LogP contribution in [-0.2, 0) is 24.0 Å². The maximum absolute atomic E-state index is 12.1. The van der Waals surface area contributed by atoms with Crippen molar-refractivity contribution in [1.29, 1.82) is 0 Å². The number of carboxylic acids is 1. The molecule has 1 unspecified atom stereocenters. The van der Waals surface area contributed by atoms with Crippen LogP contribution in [0.4, 0.5) is 13.2 Å². The summed E-state index contributed by atoms with van der Waals surface area (Å²) >= 11 is 1.39. The highest BCUT2D eigenvalue weighted by Crippen LogP contribution is 2.25. The fourth-order valence-corrected chi connectivity index (χ4v) is 3.22. The minimum Gasteiger partial charge on any atom is -0.475 e. The number of hydrogen-bond acceptors (Lipinski definition) is 7. The molecular weight excluding hydrogens is 407 g/mol. The third-order valence-electron chi connectivity index (χ3n) is 3.55. The number of halogens is 3. The van der Waals surface area contributed by atoms with Gasteiger partial charge in [-0.05, 0) is 6.42 Å². The second-order valence-corrected chi connectivity index (χ2v) is 6.86. The molecule has 0 aromatic rings. The van der Waals surface area contributed by atoms with Crippen molar-refractivity contribution >= 4 is 41.4 Å². The van der Waals surface area contributed by atoms with Gasteiger partial charge in [0.15, 0.2) is 0 Å². The van der Waals surface area contributed by atoms with E-state index in [4.69, 9.17) is 15.6 Å². The Hall–Kier alpha value is -2.41. The zero-order chi connectivity index (χ0) is 21.5. The number of aliphatic carboxylic acids is 1. The molecule has 28 heavy (non-hydrogen) atoms. The van der Waals surface area contributed by atoms with Crippen LogP contribution in [0.15, 0.2) is 12.2 Å². The first-order valence-corrected chi connectivity index (χ1v) is 9.03. The van der Waals surface area contributed by atoms with Crippen LogP contribution in [0.25, 0.3) is 0 Å². The van der Waals surface area contributed by atoms with Gasteiger partial charge in [0.1, 0.15) is 0 Å². The van der Waals surface area contributed by atoms with Crippen molar-refractivity contribution in [3.8, 4) is 0 Å². The number of alkyl halides is 3. The Bertz CT molecular complexity index is 664. The Morgan fingerprint density at radius 1 is 1.14 bits per heavy atom. The van der Waals surface area contributed by atoms with E-state index in [1.54, 1.807) is 0 Å². The molecule has 1 saturated heterocycles. The SMILES string of the molecule is NCCSC1CC(=O)N(CCCN2C(=O)C=CC2=O)C1=O.O=C(O)C(F)(F)F. The molecule has 2 rings (SSSR count). The Kier molecular flexibility index (Phi) is 8.63. The first-order chi connectivity index (χ1) is 13.0. The van der Waals surface area contributed by atoms with Gasteiger partial charge < -0.3 is 10.8 Å². The van der Waals surface area contributed by atoms with Crippen molar-refractivity contribution in [2.24, 2.45) is 5.73 Å². The summed E-state index contributed by atoms with van der Waals surface area (Å²) in [4.78, 5) is 57.8. The molecule has 0 spiro atoms. The molecule has 0 aromatic carbocycles. The smallest absolute Gasteiger partial charge is 0.475 e. The Morgan fingerprint density at radius 3 is 2.11 bits per heavy atom. The number of imide groups is 2. The zero-order valence-electron chi connectivity index (χ0n) is 14.5. The van der Waals surface area contributed by atoms with Gasteiger partial charge in [0.2, 0.25) is 11.8 Å². The number of carbonyl (C=O) groups is 5. The first-order valence-electron chi connectivity index (χ1n) is 7.98. The molecule has 3 N–H and O–H groups in total. The van der Waals surface area contributed by atoms with Gasteiger partial charge in [0.05, 0.1) is 5.25 Å². The first kappa shape index (κ1) is 23.6. The van der Waals surface area contributed by atoms with Crippen molar-refractivity contribution < 1.29 is 42.3 Å².